The number of aryl methyl sites for hydroxylation is 1. The van der Waals surface area contributed by atoms with E-state index >= 15 is 0 Å². The molecular formula is C15H15ClFN. The van der Waals surface area contributed by atoms with Gasteiger partial charge in [0.05, 0.1) is 6.04 Å². The zero-order chi connectivity index (χ0) is 13.3. The summed E-state index contributed by atoms with van der Waals surface area (Å²) in [5.74, 6) is -0.272. The minimum Gasteiger partial charge on any atom is -0.320 e. The van der Waals surface area contributed by atoms with Crippen molar-refractivity contribution >= 4 is 11.6 Å². The first kappa shape index (κ1) is 13.1. The molecule has 0 spiro atoms. The Balaban J connectivity index is 2.51. The van der Waals surface area contributed by atoms with Crippen LogP contribution in [0, 0.1) is 19.7 Å². The molecular weight excluding hydrogens is 249 g/mol. The standard InChI is InChI=1S/C15H15ClFN/c1-9-6-7-11(17)8-13(9)15(18)12-4-3-5-14(16)10(12)2/h3-8,15H,18H2,1-2H3. The van der Waals surface area contributed by atoms with Gasteiger partial charge in [0.1, 0.15) is 5.82 Å². The molecule has 94 valence electrons. The lowest BCUT2D eigenvalue weighted by molar-refractivity contribution is 0.622. The molecule has 0 aliphatic carbocycles. The molecule has 0 fully saturated rings. The van der Waals surface area contributed by atoms with E-state index in [0.717, 1.165) is 22.3 Å². The van der Waals surface area contributed by atoms with Crippen LogP contribution in [-0.4, -0.2) is 0 Å². The Kier molecular flexibility index (Phi) is 3.69. The van der Waals surface area contributed by atoms with E-state index in [9.17, 15) is 4.39 Å². The van der Waals surface area contributed by atoms with Gasteiger partial charge < -0.3 is 5.73 Å². The van der Waals surface area contributed by atoms with Crippen LogP contribution < -0.4 is 5.73 Å². The summed E-state index contributed by atoms with van der Waals surface area (Å²) in [6, 6.07) is 9.92. The predicted molar refractivity (Wildman–Crippen MR) is 73.4 cm³/mol. The number of benzene rings is 2. The molecule has 18 heavy (non-hydrogen) atoms. The Hall–Kier alpha value is -1.38. The van der Waals surface area contributed by atoms with Gasteiger partial charge >= 0.3 is 0 Å². The van der Waals surface area contributed by atoms with E-state index in [1.54, 1.807) is 6.07 Å². The lowest BCUT2D eigenvalue weighted by atomic mass is 9.93. The van der Waals surface area contributed by atoms with Crippen molar-refractivity contribution in [1.82, 2.24) is 0 Å². The lowest BCUT2D eigenvalue weighted by Crippen LogP contribution is -2.15. The van der Waals surface area contributed by atoms with Crippen LogP contribution in [0.4, 0.5) is 4.39 Å². The molecule has 1 unspecified atom stereocenters. The average Bonchev–Trinajstić information content (AvgIpc) is 2.35. The van der Waals surface area contributed by atoms with Crippen LogP contribution in [0.2, 0.25) is 5.02 Å². The van der Waals surface area contributed by atoms with Crippen LogP contribution in [0.25, 0.3) is 0 Å². The largest absolute Gasteiger partial charge is 0.320 e. The van der Waals surface area contributed by atoms with Gasteiger partial charge in [-0.05, 0) is 54.3 Å². The van der Waals surface area contributed by atoms with Gasteiger partial charge in [-0.15, -0.1) is 0 Å². The third-order valence-corrected chi connectivity index (χ3v) is 3.63. The Bertz CT molecular complexity index is 579. The molecule has 1 atom stereocenters. The molecule has 0 saturated heterocycles. The summed E-state index contributed by atoms with van der Waals surface area (Å²) in [4.78, 5) is 0. The highest BCUT2D eigenvalue weighted by Gasteiger charge is 2.15. The fourth-order valence-corrected chi connectivity index (χ4v) is 2.26. The molecule has 2 N–H and O–H groups in total. The van der Waals surface area contributed by atoms with E-state index in [4.69, 9.17) is 17.3 Å². The normalized spacial score (nSPS) is 12.5. The van der Waals surface area contributed by atoms with Gasteiger partial charge in [0.15, 0.2) is 0 Å². The molecule has 0 bridgehead atoms. The molecule has 0 heterocycles. The highest BCUT2D eigenvalue weighted by atomic mass is 35.5. The highest BCUT2D eigenvalue weighted by Crippen LogP contribution is 2.29. The van der Waals surface area contributed by atoms with Gasteiger partial charge in [0.2, 0.25) is 0 Å². The second-order valence-corrected chi connectivity index (χ2v) is 4.84. The van der Waals surface area contributed by atoms with Crippen molar-refractivity contribution in [3.8, 4) is 0 Å². The first-order valence-corrected chi connectivity index (χ1v) is 6.15. The number of rotatable bonds is 2. The zero-order valence-corrected chi connectivity index (χ0v) is 11.1. The molecule has 2 aromatic rings. The summed E-state index contributed by atoms with van der Waals surface area (Å²) in [5, 5.41) is 0.678. The summed E-state index contributed by atoms with van der Waals surface area (Å²) >= 11 is 6.09. The fraction of sp³-hybridized carbons (Fsp3) is 0.200. The smallest absolute Gasteiger partial charge is 0.123 e. The van der Waals surface area contributed by atoms with Gasteiger partial charge in [-0.3, -0.25) is 0 Å². The molecule has 0 radical (unpaired) electrons. The lowest BCUT2D eigenvalue weighted by Gasteiger charge is -2.18. The van der Waals surface area contributed by atoms with Gasteiger partial charge in [-0.1, -0.05) is 29.8 Å². The number of nitrogens with two attached hydrogens (primary N) is 1. The van der Waals surface area contributed by atoms with Crippen LogP contribution in [0.15, 0.2) is 36.4 Å². The summed E-state index contributed by atoms with van der Waals surface area (Å²) in [6.45, 7) is 3.85. The van der Waals surface area contributed by atoms with Crippen molar-refractivity contribution in [1.29, 1.82) is 0 Å². The SMILES string of the molecule is Cc1ccc(F)cc1C(N)c1cccc(Cl)c1C. The second kappa shape index (κ2) is 5.09. The maximum atomic E-state index is 13.3. The van der Waals surface area contributed by atoms with E-state index < -0.39 is 0 Å². The molecule has 1 nitrogen and oxygen atoms in total. The van der Waals surface area contributed by atoms with Crippen molar-refractivity contribution < 1.29 is 4.39 Å². The predicted octanol–water partition coefficient (Wildman–Crippen LogP) is 4.14. The number of hydrogen-bond donors (Lipinski definition) is 1. The van der Waals surface area contributed by atoms with Crippen molar-refractivity contribution in [2.75, 3.05) is 0 Å². The quantitative estimate of drug-likeness (QED) is 0.866. The van der Waals surface area contributed by atoms with Crippen LogP contribution in [0.5, 0.6) is 0 Å². The number of halogens is 2. The van der Waals surface area contributed by atoms with Crippen molar-refractivity contribution in [2.24, 2.45) is 5.73 Å². The van der Waals surface area contributed by atoms with E-state index in [2.05, 4.69) is 0 Å². The molecule has 0 aliphatic heterocycles. The maximum Gasteiger partial charge on any atom is 0.123 e. The summed E-state index contributed by atoms with van der Waals surface area (Å²) in [5.41, 5.74) is 9.86. The van der Waals surface area contributed by atoms with Crippen LogP contribution >= 0.6 is 11.6 Å². The first-order valence-electron chi connectivity index (χ1n) is 5.77. The van der Waals surface area contributed by atoms with E-state index in [0.29, 0.717) is 5.02 Å². The summed E-state index contributed by atoms with van der Waals surface area (Å²) in [6.07, 6.45) is 0. The van der Waals surface area contributed by atoms with Crippen LogP contribution in [0.1, 0.15) is 28.3 Å². The van der Waals surface area contributed by atoms with E-state index in [-0.39, 0.29) is 11.9 Å². The Morgan fingerprint density at radius 2 is 1.83 bits per heavy atom. The van der Waals surface area contributed by atoms with E-state index in [1.165, 1.54) is 12.1 Å². The Morgan fingerprint density at radius 3 is 2.56 bits per heavy atom. The van der Waals surface area contributed by atoms with Gasteiger partial charge in [0, 0.05) is 5.02 Å². The van der Waals surface area contributed by atoms with Gasteiger partial charge in [-0.2, -0.15) is 0 Å². The molecule has 0 amide bonds. The summed E-state index contributed by atoms with van der Waals surface area (Å²) in [7, 11) is 0. The molecule has 0 aliphatic rings. The van der Waals surface area contributed by atoms with Crippen molar-refractivity contribution in [3.05, 3.63) is 69.5 Å². The number of hydrogen-bond acceptors (Lipinski definition) is 1. The third-order valence-electron chi connectivity index (χ3n) is 3.22. The molecule has 0 saturated carbocycles. The molecule has 3 heteroatoms. The van der Waals surface area contributed by atoms with Crippen LogP contribution in [0.3, 0.4) is 0 Å². The topological polar surface area (TPSA) is 26.0 Å². The van der Waals surface area contributed by atoms with E-state index in [1.807, 2.05) is 32.0 Å². The molecule has 2 rings (SSSR count). The Labute approximate surface area is 111 Å². The first-order chi connectivity index (χ1) is 8.50. The Morgan fingerprint density at radius 1 is 1.11 bits per heavy atom. The monoisotopic (exact) mass is 263 g/mol. The van der Waals surface area contributed by atoms with Crippen molar-refractivity contribution in [3.63, 3.8) is 0 Å². The molecule has 2 aromatic carbocycles. The average molecular weight is 264 g/mol. The fourth-order valence-electron chi connectivity index (χ4n) is 2.07. The van der Waals surface area contributed by atoms with Crippen molar-refractivity contribution in [2.45, 2.75) is 19.9 Å². The maximum absolute atomic E-state index is 13.3. The summed E-state index contributed by atoms with van der Waals surface area (Å²) < 4.78 is 13.3. The van der Waals surface area contributed by atoms with Crippen LogP contribution in [-0.2, 0) is 0 Å². The van der Waals surface area contributed by atoms with Gasteiger partial charge in [0.25, 0.3) is 0 Å². The minimum atomic E-state index is -0.362. The highest BCUT2D eigenvalue weighted by molar-refractivity contribution is 6.31. The van der Waals surface area contributed by atoms with Gasteiger partial charge in [-0.25, -0.2) is 4.39 Å². The second-order valence-electron chi connectivity index (χ2n) is 4.43. The zero-order valence-electron chi connectivity index (χ0n) is 10.4. The third kappa shape index (κ3) is 2.40. The molecule has 0 aromatic heterocycles. The minimum absolute atomic E-state index is 0.272.